The molecule has 1 rings (SSSR count). The van der Waals surface area contributed by atoms with Gasteiger partial charge < -0.3 is 4.74 Å². The quantitative estimate of drug-likeness (QED) is 0.245. The lowest BCUT2D eigenvalue weighted by Gasteiger charge is -2.00. The van der Waals surface area contributed by atoms with Gasteiger partial charge in [0.25, 0.3) is 5.69 Å². The van der Waals surface area contributed by atoms with Gasteiger partial charge in [-0.25, -0.2) is 4.79 Å². The summed E-state index contributed by atoms with van der Waals surface area (Å²) in [7, 11) is 0. The molecule has 0 unspecified atom stereocenters. The maximum atomic E-state index is 10.6. The van der Waals surface area contributed by atoms with Crippen molar-refractivity contribution in [3.63, 3.8) is 0 Å². The van der Waals surface area contributed by atoms with E-state index in [-0.39, 0.29) is 12.3 Å². The van der Waals surface area contributed by atoms with Gasteiger partial charge in [0.05, 0.1) is 4.92 Å². The van der Waals surface area contributed by atoms with Crippen molar-refractivity contribution >= 4 is 11.7 Å². The maximum absolute atomic E-state index is 10.6. The van der Waals surface area contributed by atoms with Crippen LogP contribution in [0, 0.1) is 22.5 Å². The molecule has 0 spiro atoms. The van der Waals surface area contributed by atoms with Crippen molar-refractivity contribution in [2.24, 2.45) is 0 Å². The van der Waals surface area contributed by atoms with Gasteiger partial charge >= 0.3 is 5.97 Å². The minimum Gasteiger partial charge on any atom is -0.451 e. The zero-order valence-corrected chi connectivity index (χ0v) is 7.67. The van der Waals surface area contributed by atoms with Crippen LogP contribution in [0.5, 0.6) is 0 Å². The number of hydrogen-bond donors (Lipinski definition) is 0. The highest BCUT2D eigenvalue weighted by Gasteiger charge is 2.04. The molecule has 15 heavy (non-hydrogen) atoms. The van der Waals surface area contributed by atoms with Crippen LogP contribution in [0.15, 0.2) is 24.3 Å². The number of nitro benzene ring substituents is 1. The minimum atomic E-state index is -0.756. The Hall–Kier alpha value is -2.35. The van der Waals surface area contributed by atoms with Crippen LogP contribution in [-0.4, -0.2) is 10.9 Å². The van der Waals surface area contributed by atoms with Crippen molar-refractivity contribution in [1.29, 1.82) is 0 Å². The van der Waals surface area contributed by atoms with Crippen LogP contribution < -0.4 is 0 Å². The van der Waals surface area contributed by atoms with E-state index in [1.807, 2.05) is 0 Å². The Labute approximate surface area is 85.8 Å². The number of nitrogens with zero attached hydrogens (tertiary/aromatic N) is 1. The molecule has 0 aromatic heterocycles. The van der Waals surface area contributed by atoms with Crippen LogP contribution in [0.1, 0.15) is 5.56 Å². The molecule has 1 aromatic carbocycles. The van der Waals surface area contributed by atoms with E-state index in [4.69, 9.17) is 6.42 Å². The van der Waals surface area contributed by atoms with E-state index in [1.54, 1.807) is 5.92 Å². The summed E-state index contributed by atoms with van der Waals surface area (Å²) in [5, 5.41) is 10.3. The van der Waals surface area contributed by atoms with Gasteiger partial charge in [0.1, 0.15) is 6.61 Å². The molecule has 0 aliphatic carbocycles. The van der Waals surface area contributed by atoms with Crippen LogP contribution in [0.25, 0.3) is 0 Å². The Balaban J connectivity index is 2.62. The van der Waals surface area contributed by atoms with Gasteiger partial charge in [-0.15, -0.1) is 6.42 Å². The molecule has 0 aliphatic heterocycles. The third kappa shape index (κ3) is 3.12. The van der Waals surface area contributed by atoms with E-state index in [2.05, 4.69) is 4.74 Å². The van der Waals surface area contributed by atoms with Crippen LogP contribution in [0.3, 0.4) is 0 Å². The van der Waals surface area contributed by atoms with Gasteiger partial charge in [-0.2, -0.15) is 0 Å². The van der Waals surface area contributed by atoms with E-state index < -0.39 is 10.9 Å². The maximum Gasteiger partial charge on any atom is 0.384 e. The number of carbonyl (C=O) groups is 1. The summed E-state index contributed by atoms with van der Waals surface area (Å²) < 4.78 is 4.63. The highest BCUT2D eigenvalue weighted by Crippen LogP contribution is 2.12. The van der Waals surface area contributed by atoms with Crippen LogP contribution in [-0.2, 0) is 16.1 Å². The normalized spacial score (nSPS) is 9.00. The Morgan fingerprint density at radius 3 is 2.53 bits per heavy atom. The molecule has 1 aromatic rings. The number of esters is 1. The number of terminal acetylenes is 1. The van der Waals surface area contributed by atoms with Gasteiger partial charge in [0, 0.05) is 18.1 Å². The Bertz CT molecular complexity index is 416. The van der Waals surface area contributed by atoms with Crippen molar-refractivity contribution in [2.45, 2.75) is 6.61 Å². The number of hydrogen-bond acceptors (Lipinski definition) is 4. The Kier molecular flexibility index (Phi) is 3.41. The molecule has 5 heteroatoms. The molecule has 0 amide bonds. The van der Waals surface area contributed by atoms with Crippen molar-refractivity contribution in [2.75, 3.05) is 0 Å². The lowest BCUT2D eigenvalue weighted by atomic mass is 10.2. The lowest BCUT2D eigenvalue weighted by molar-refractivity contribution is -0.384. The van der Waals surface area contributed by atoms with E-state index >= 15 is 0 Å². The third-order valence-electron chi connectivity index (χ3n) is 1.63. The zero-order chi connectivity index (χ0) is 11.3. The molecular weight excluding hydrogens is 198 g/mol. The Morgan fingerprint density at radius 2 is 2.07 bits per heavy atom. The fourth-order valence-electron chi connectivity index (χ4n) is 0.904. The van der Waals surface area contributed by atoms with Crippen molar-refractivity contribution in [3.8, 4) is 12.3 Å². The first-order valence-electron chi connectivity index (χ1n) is 4.00. The van der Waals surface area contributed by atoms with Crippen molar-refractivity contribution in [1.82, 2.24) is 0 Å². The van der Waals surface area contributed by atoms with Gasteiger partial charge in [-0.05, 0) is 17.7 Å². The average molecular weight is 205 g/mol. The summed E-state index contributed by atoms with van der Waals surface area (Å²) in [5.41, 5.74) is 0.631. The van der Waals surface area contributed by atoms with Gasteiger partial charge in [0.2, 0.25) is 0 Å². The first-order valence-corrected chi connectivity index (χ1v) is 4.00. The summed E-state index contributed by atoms with van der Waals surface area (Å²) in [4.78, 5) is 20.4. The number of ether oxygens (including phenoxy) is 1. The average Bonchev–Trinajstić information content (AvgIpc) is 2.26. The third-order valence-corrected chi connectivity index (χ3v) is 1.63. The topological polar surface area (TPSA) is 69.4 Å². The van der Waals surface area contributed by atoms with E-state index in [1.165, 1.54) is 24.3 Å². The first kappa shape index (κ1) is 10.7. The molecular formula is C10H7NO4. The molecule has 0 saturated heterocycles. The SMILES string of the molecule is C#CC(=O)OCc1ccc([N+](=O)[O-])cc1. The number of rotatable bonds is 3. The molecule has 0 heterocycles. The van der Waals surface area contributed by atoms with E-state index in [0.717, 1.165) is 0 Å². The van der Waals surface area contributed by atoms with Gasteiger partial charge in [0.15, 0.2) is 0 Å². The summed E-state index contributed by atoms with van der Waals surface area (Å²) in [6.07, 6.45) is 4.79. The monoisotopic (exact) mass is 205 g/mol. The molecule has 0 saturated carbocycles. The molecule has 76 valence electrons. The van der Waals surface area contributed by atoms with Gasteiger partial charge in [-0.1, -0.05) is 0 Å². The van der Waals surface area contributed by atoms with E-state index in [0.29, 0.717) is 5.56 Å². The fraction of sp³-hybridized carbons (Fsp3) is 0.100. The van der Waals surface area contributed by atoms with Crippen LogP contribution in [0.2, 0.25) is 0 Å². The second-order valence-electron chi connectivity index (χ2n) is 2.64. The molecule has 0 bridgehead atoms. The summed E-state index contributed by atoms with van der Waals surface area (Å²) in [5.74, 6) is 1.04. The zero-order valence-electron chi connectivity index (χ0n) is 7.67. The second-order valence-corrected chi connectivity index (χ2v) is 2.64. The predicted octanol–water partition coefficient (Wildman–Crippen LogP) is 1.27. The highest BCUT2D eigenvalue weighted by molar-refractivity contribution is 5.87. The summed E-state index contributed by atoms with van der Waals surface area (Å²) in [6, 6.07) is 5.67. The molecule has 5 nitrogen and oxygen atoms in total. The number of non-ortho nitro benzene ring substituents is 1. The molecule has 0 radical (unpaired) electrons. The largest absolute Gasteiger partial charge is 0.451 e. The summed E-state index contributed by atoms with van der Waals surface area (Å²) >= 11 is 0. The van der Waals surface area contributed by atoms with E-state index in [9.17, 15) is 14.9 Å². The van der Waals surface area contributed by atoms with Crippen LogP contribution >= 0.6 is 0 Å². The Morgan fingerprint density at radius 1 is 1.47 bits per heavy atom. The minimum absolute atomic E-state index is 0.0120. The number of carbonyl (C=O) groups excluding carboxylic acids is 1. The van der Waals surface area contributed by atoms with Gasteiger partial charge in [-0.3, -0.25) is 10.1 Å². The fourth-order valence-corrected chi connectivity index (χ4v) is 0.904. The van der Waals surface area contributed by atoms with Crippen molar-refractivity contribution in [3.05, 3.63) is 39.9 Å². The lowest BCUT2D eigenvalue weighted by Crippen LogP contribution is -2.00. The molecule has 0 N–H and O–H groups in total. The standard InChI is InChI=1S/C10H7NO4/c1-2-10(12)15-7-8-3-5-9(6-4-8)11(13)14/h1,3-6H,7H2. The molecule has 0 aliphatic rings. The smallest absolute Gasteiger partial charge is 0.384 e. The second kappa shape index (κ2) is 4.77. The predicted molar refractivity (Wildman–Crippen MR) is 51.7 cm³/mol. The first-order chi connectivity index (χ1) is 7.13. The highest BCUT2D eigenvalue weighted by atomic mass is 16.6. The summed E-state index contributed by atoms with van der Waals surface area (Å²) in [6.45, 7) is 0.0149. The molecule has 0 atom stereocenters. The number of nitro groups is 1. The number of benzene rings is 1. The molecule has 0 fully saturated rings. The van der Waals surface area contributed by atoms with Crippen molar-refractivity contribution < 1.29 is 14.5 Å². The van der Waals surface area contributed by atoms with Crippen LogP contribution in [0.4, 0.5) is 5.69 Å².